The minimum atomic E-state index is -2.68. The highest BCUT2D eigenvalue weighted by Crippen LogP contribution is 2.28. The van der Waals surface area contributed by atoms with Crippen molar-refractivity contribution in [1.82, 2.24) is 4.90 Å². The zero-order chi connectivity index (χ0) is 15.6. The lowest BCUT2D eigenvalue weighted by Gasteiger charge is -2.24. The Labute approximate surface area is 124 Å². The molecule has 0 bridgehead atoms. The van der Waals surface area contributed by atoms with Crippen molar-refractivity contribution in [2.45, 2.75) is 19.5 Å². The van der Waals surface area contributed by atoms with Gasteiger partial charge in [-0.3, -0.25) is 4.79 Å². The van der Waals surface area contributed by atoms with Gasteiger partial charge in [-0.05, 0) is 25.1 Å². The summed E-state index contributed by atoms with van der Waals surface area (Å²) in [5.74, 6) is -0.598. The molecule has 0 fully saturated rings. The van der Waals surface area contributed by atoms with E-state index < -0.39 is 25.0 Å². The highest BCUT2D eigenvalue weighted by Gasteiger charge is 2.23. The summed E-state index contributed by atoms with van der Waals surface area (Å²) in [6, 6.07) is 4.49. The maximum atomic E-state index is 12.6. The standard InChI is InChI=1S/C14H14ClF2NO3/c1-8(19)6-18(7-12(16)17)14(20)10-2-3-11(15)13-9(10)4-5-21-13/h2-5,8,12,19H,6-7H2,1H3. The molecule has 1 amide bonds. The number of hydrogen-bond donors (Lipinski definition) is 1. The number of amides is 1. The number of nitrogens with zero attached hydrogens (tertiary/aromatic N) is 1. The molecule has 1 heterocycles. The molecule has 1 atom stereocenters. The predicted molar refractivity (Wildman–Crippen MR) is 74.8 cm³/mol. The van der Waals surface area contributed by atoms with Crippen molar-refractivity contribution in [1.29, 1.82) is 0 Å². The fraction of sp³-hybridized carbons (Fsp3) is 0.357. The zero-order valence-electron chi connectivity index (χ0n) is 11.2. The first-order chi connectivity index (χ1) is 9.90. The Bertz CT molecular complexity index is 632. The molecule has 21 heavy (non-hydrogen) atoms. The Morgan fingerprint density at radius 2 is 2.10 bits per heavy atom. The van der Waals surface area contributed by atoms with Gasteiger partial charge in [-0.15, -0.1) is 0 Å². The number of benzene rings is 1. The van der Waals surface area contributed by atoms with Gasteiger partial charge in [0, 0.05) is 11.9 Å². The Morgan fingerprint density at radius 3 is 2.71 bits per heavy atom. The fourth-order valence-electron chi connectivity index (χ4n) is 2.11. The van der Waals surface area contributed by atoms with Gasteiger partial charge in [-0.25, -0.2) is 8.78 Å². The van der Waals surface area contributed by atoms with Crippen molar-refractivity contribution >= 4 is 28.5 Å². The minimum Gasteiger partial charge on any atom is -0.463 e. The molecule has 0 saturated heterocycles. The molecule has 114 valence electrons. The van der Waals surface area contributed by atoms with Crippen molar-refractivity contribution in [2.75, 3.05) is 13.1 Å². The second-order valence-corrected chi connectivity index (χ2v) is 5.12. The van der Waals surface area contributed by atoms with E-state index in [0.29, 0.717) is 16.0 Å². The van der Waals surface area contributed by atoms with Crippen LogP contribution in [0, 0.1) is 0 Å². The van der Waals surface area contributed by atoms with Crippen LogP contribution in [0.2, 0.25) is 5.02 Å². The van der Waals surface area contributed by atoms with E-state index in [4.69, 9.17) is 16.0 Å². The van der Waals surface area contributed by atoms with E-state index in [1.807, 2.05) is 0 Å². The van der Waals surface area contributed by atoms with E-state index in [1.165, 1.54) is 25.3 Å². The molecule has 0 aliphatic carbocycles. The molecule has 2 aromatic rings. The Hall–Kier alpha value is -1.66. The number of carbonyl (C=O) groups excluding carboxylic acids is 1. The number of rotatable bonds is 5. The summed E-state index contributed by atoms with van der Waals surface area (Å²) in [6.07, 6.45) is -2.21. The van der Waals surface area contributed by atoms with Crippen LogP contribution in [0.4, 0.5) is 8.78 Å². The molecule has 0 aliphatic heterocycles. The monoisotopic (exact) mass is 317 g/mol. The van der Waals surface area contributed by atoms with Gasteiger partial charge in [0.15, 0.2) is 5.58 Å². The summed E-state index contributed by atoms with van der Waals surface area (Å²) in [6.45, 7) is 0.512. The molecular formula is C14H14ClF2NO3. The number of fused-ring (bicyclic) bond motifs is 1. The van der Waals surface area contributed by atoms with E-state index in [-0.39, 0.29) is 12.1 Å². The Balaban J connectivity index is 2.38. The fourth-order valence-corrected chi connectivity index (χ4v) is 2.32. The third-order valence-electron chi connectivity index (χ3n) is 2.93. The van der Waals surface area contributed by atoms with Crippen LogP contribution in [0.3, 0.4) is 0 Å². The molecular weight excluding hydrogens is 304 g/mol. The number of furan rings is 1. The van der Waals surface area contributed by atoms with Gasteiger partial charge in [0.2, 0.25) is 0 Å². The molecule has 0 spiro atoms. The maximum Gasteiger partial charge on any atom is 0.255 e. The van der Waals surface area contributed by atoms with Gasteiger partial charge in [-0.2, -0.15) is 0 Å². The number of hydrogen-bond acceptors (Lipinski definition) is 3. The van der Waals surface area contributed by atoms with Crippen LogP contribution in [0.1, 0.15) is 17.3 Å². The lowest BCUT2D eigenvalue weighted by molar-refractivity contribution is 0.0422. The van der Waals surface area contributed by atoms with Crippen molar-refractivity contribution < 1.29 is 23.1 Å². The third-order valence-corrected chi connectivity index (χ3v) is 3.23. The minimum absolute atomic E-state index is 0.175. The SMILES string of the molecule is CC(O)CN(CC(F)F)C(=O)c1ccc(Cl)c2occc12. The Morgan fingerprint density at radius 1 is 1.38 bits per heavy atom. The van der Waals surface area contributed by atoms with Gasteiger partial charge >= 0.3 is 0 Å². The summed E-state index contributed by atoms with van der Waals surface area (Å²) < 4.78 is 30.4. The van der Waals surface area contributed by atoms with E-state index in [2.05, 4.69) is 0 Å². The highest BCUT2D eigenvalue weighted by atomic mass is 35.5. The molecule has 0 aliphatic rings. The second-order valence-electron chi connectivity index (χ2n) is 4.71. The summed E-state index contributed by atoms with van der Waals surface area (Å²) in [5, 5.41) is 10.2. The van der Waals surface area contributed by atoms with Crippen LogP contribution in [0.15, 0.2) is 28.9 Å². The van der Waals surface area contributed by atoms with Gasteiger partial charge in [0.1, 0.15) is 0 Å². The zero-order valence-corrected chi connectivity index (χ0v) is 12.0. The Kier molecular flexibility index (Phi) is 4.80. The van der Waals surface area contributed by atoms with Gasteiger partial charge in [0.05, 0.1) is 29.5 Å². The number of aliphatic hydroxyl groups is 1. The molecule has 7 heteroatoms. The van der Waals surface area contributed by atoms with Gasteiger partial charge in [-0.1, -0.05) is 11.6 Å². The van der Waals surface area contributed by atoms with E-state index in [0.717, 1.165) is 4.90 Å². The first kappa shape index (κ1) is 15.7. The molecule has 0 saturated carbocycles. The van der Waals surface area contributed by atoms with E-state index in [1.54, 1.807) is 6.07 Å². The largest absolute Gasteiger partial charge is 0.463 e. The average molecular weight is 318 g/mol. The van der Waals surface area contributed by atoms with Gasteiger partial charge < -0.3 is 14.4 Å². The van der Waals surface area contributed by atoms with Crippen LogP contribution >= 0.6 is 11.6 Å². The number of carbonyl (C=O) groups is 1. The molecule has 1 unspecified atom stereocenters. The van der Waals surface area contributed by atoms with Crippen LogP contribution in [0.5, 0.6) is 0 Å². The number of halogens is 3. The lowest BCUT2D eigenvalue weighted by Crippen LogP contribution is -2.39. The number of aliphatic hydroxyl groups excluding tert-OH is 1. The van der Waals surface area contributed by atoms with E-state index >= 15 is 0 Å². The predicted octanol–water partition coefficient (Wildman–Crippen LogP) is 3.17. The molecule has 2 rings (SSSR count). The average Bonchev–Trinajstić information content (AvgIpc) is 2.86. The quantitative estimate of drug-likeness (QED) is 0.921. The van der Waals surface area contributed by atoms with Crippen molar-refractivity contribution in [2.24, 2.45) is 0 Å². The summed E-state index contributed by atoms with van der Waals surface area (Å²) in [4.78, 5) is 13.4. The van der Waals surface area contributed by atoms with Crippen molar-refractivity contribution in [3.8, 4) is 0 Å². The van der Waals surface area contributed by atoms with Crippen LogP contribution in [-0.4, -0.2) is 41.5 Å². The van der Waals surface area contributed by atoms with Gasteiger partial charge in [0.25, 0.3) is 12.3 Å². The molecule has 1 aromatic carbocycles. The smallest absolute Gasteiger partial charge is 0.255 e. The second kappa shape index (κ2) is 6.41. The van der Waals surface area contributed by atoms with Crippen LogP contribution in [-0.2, 0) is 0 Å². The summed E-state index contributed by atoms with van der Waals surface area (Å²) in [7, 11) is 0. The topological polar surface area (TPSA) is 53.7 Å². The third kappa shape index (κ3) is 3.51. The normalized spacial score (nSPS) is 12.9. The first-order valence-corrected chi connectivity index (χ1v) is 6.69. The van der Waals surface area contributed by atoms with E-state index in [9.17, 15) is 18.7 Å². The molecule has 4 nitrogen and oxygen atoms in total. The molecule has 1 aromatic heterocycles. The lowest BCUT2D eigenvalue weighted by atomic mass is 10.1. The van der Waals surface area contributed by atoms with Crippen LogP contribution in [0.25, 0.3) is 11.0 Å². The highest BCUT2D eigenvalue weighted by molar-refractivity contribution is 6.35. The maximum absolute atomic E-state index is 12.6. The van der Waals surface area contributed by atoms with Crippen molar-refractivity contribution in [3.05, 3.63) is 35.0 Å². The molecule has 0 radical (unpaired) electrons. The number of alkyl halides is 2. The summed E-state index contributed by atoms with van der Waals surface area (Å²) >= 11 is 5.94. The van der Waals surface area contributed by atoms with Crippen molar-refractivity contribution in [3.63, 3.8) is 0 Å². The first-order valence-electron chi connectivity index (χ1n) is 6.31. The summed E-state index contributed by atoms with van der Waals surface area (Å²) in [5.41, 5.74) is 0.543. The van der Waals surface area contributed by atoms with Crippen LogP contribution < -0.4 is 0 Å². The molecule has 1 N–H and O–H groups in total.